The minimum absolute atomic E-state index is 0.285. The van der Waals surface area contributed by atoms with Crippen molar-refractivity contribution in [2.75, 3.05) is 20.2 Å². The highest BCUT2D eigenvalue weighted by molar-refractivity contribution is 5.34. The van der Waals surface area contributed by atoms with E-state index < -0.39 is 0 Å². The smallest absolute Gasteiger partial charge is 0.119 e. The molecule has 1 saturated heterocycles. The van der Waals surface area contributed by atoms with E-state index in [0.717, 1.165) is 5.75 Å². The fraction of sp³-hybridized carbons (Fsp3) is 0.667. The van der Waals surface area contributed by atoms with Gasteiger partial charge < -0.3 is 4.74 Å². The highest BCUT2D eigenvalue weighted by atomic mass is 16.5. The minimum Gasteiger partial charge on any atom is -0.497 e. The van der Waals surface area contributed by atoms with Crippen LogP contribution in [-0.4, -0.2) is 25.1 Å². The van der Waals surface area contributed by atoms with Crippen LogP contribution in [0.25, 0.3) is 0 Å². The Morgan fingerprint density at radius 2 is 1.65 bits per heavy atom. The van der Waals surface area contributed by atoms with E-state index in [-0.39, 0.29) is 5.54 Å². The average Bonchev–Trinajstić information content (AvgIpc) is 2.56. The lowest BCUT2D eigenvalue weighted by molar-refractivity contribution is 0.0302. The molecule has 0 spiro atoms. The van der Waals surface area contributed by atoms with Gasteiger partial charge >= 0.3 is 0 Å². The Balaban J connectivity index is 1.95. The van der Waals surface area contributed by atoms with Crippen LogP contribution in [0.4, 0.5) is 0 Å². The molecule has 1 aromatic rings. The third-order valence-corrected chi connectivity index (χ3v) is 5.25. The molecule has 110 valence electrons. The van der Waals surface area contributed by atoms with Crippen LogP contribution in [0, 0.1) is 0 Å². The molecule has 0 N–H and O–H groups in total. The largest absolute Gasteiger partial charge is 0.497 e. The molecule has 1 heterocycles. The Labute approximate surface area is 123 Å². The van der Waals surface area contributed by atoms with Gasteiger partial charge in [0.2, 0.25) is 0 Å². The van der Waals surface area contributed by atoms with Crippen LogP contribution in [0.3, 0.4) is 0 Å². The molecule has 3 rings (SSSR count). The number of hydrogen-bond acceptors (Lipinski definition) is 2. The quantitative estimate of drug-likeness (QED) is 0.812. The molecule has 1 aliphatic carbocycles. The summed E-state index contributed by atoms with van der Waals surface area (Å²) in [4.78, 5) is 2.78. The third-order valence-electron chi connectivity index (χ3n) is 5.25. The fourth-order valence-corrected chi connectivity index (χ4v) is 4.16. The summed E-state index contributed by atoms with van der Waals surface area (Å²) in [5.41, 5.74) is 1.77. The number of likely N-dealkylation sites (tertiary alicyclic amines) is 1. The standard InChI is InChI=1S/C18H27NO/c1-20-17-10-8-9-16(15-17)18(11-4-2-5-12-18)19-13-6-3-7-14-19/h8-10,15H,2-7,11-14H2,1H3. The van der Waals surface area contributed by atoms with Gasteiger partial charge in [0, 0.05) is 5.54 Å². The van der Waals surface area contributed by atoms with Crippen molar-refractivity contribution in [3.8, 4) is 5.75 Å². The van der Waals surface area contributed by atoms with Gasteiger partial charge in [-0.2, -0.15) is 0 Å². The zero-order valence-corrected chi connectivity index (χ0v) is 12.7. The molecular formula is C18H27NO. The van der Waals surface area contributed by atoms with E-state index in [1.54, 1.807) is 7.11 Å². The maximum atomic E-state index is 5.46. The summed E-state index contributed by atoms with van der Waals surface area (Å²) in [6, 6.07) is 8.83. The second-order valence-electron chi connectivity index (χ2n) is 6.37. The zero-order chi connectivity index (χ0) is 13.8. The van der Waals surface area contributed by atoms with Crippen molar-refractivity contribution in [3.05, 3.63) is 29.8 Å². The van der Waals surface area contributed by atoms with Gasteiger partial charge in [-0.05, 0) is 56.5 Å². The monoisotopic (exact) mass is 273 g/mol. The van der Waals surface area contributed by atoms with Crippen molar-refractivity contribution in [2.45, 2.75) is 56.9 Å². The molecule has 1 aromatic carbocycles. The lowest BCUT2D eigenvalue weighted by Crippen LogP contribution is -2.49. The number of hydrogen-bond donors (Lipinski definition) is 0. The molecule has 0 atom stereocenters. The number of methoxy groups -OCH3 is 1. The first-order chi connectivity index (χ1) is 9.85. The Morgan fingerprint density at radius 3 is 2.35 bits per heavy atom. The SMILES string of the molecule is COc1cccc(C2(N3CCCCC3)CCCCC2)c1. The van der Waals surface area contributed by atoms with Crippen LogP contribution < -0.4 is 4.74 Å². The van der Waals surface area contributed by atoms with Gasteiger partial charge in [0.15, 0.2) is 0 Å². The summed E-state index contributed by atoms with van der Waals surface area (Å²) in [6.45, 7) is 2.55. The molecule has 0 bridgehead atoms. The first-order valence-corrected chi connectivity index (χ1v) is 8.25. The predicted molar refractivity (Wildman–Crippen MR) is 83.2 cm³/mol. The molecular weight excluding hydrogens is 246 g/mol. The van der Waals surface area contributed by atoms with Gasteiger partial charge in [-0.1, -0.05) is 37.8 Å². The molecule has 2 aliphatic rings. The minimum atomic E-state index is 0.285. The van der Waals surface area contributed by atoms with Gasteiger partial charge in [-0.3, -0.25) is 4.90 Å². The Kier molecular flexibility index (Phi) is 4.30. The summed E-state index contributed by atoms with van der Waals surface area (Å²) in [7, 11) is 1.77. The normalized spacial score (nSPS) is 23.4. The maximum absolute atomic E-state index is 5.46. The van der Waals surface area contributed by atoms with Gasteiger partial charge in [0.05, 0.1) is 7.11 Å². The van der Waals surface area contributed by atoms with E-state index in [9.17, 15) is 0 Å². The van der Waals surface area contributed by atoms with Gasteiger partial charge in [0.25, 0.3) is 0 Å². The Hall–Kier alpha value is -1.02. The number of benzene rings is 1. The van der Waals surface area contributed by atoms with Crippen molar-refractivity contribution in [1.29, 1.82) is 0 Å². The van der Waals surface area contributed by atoms with E-state index in [1.165, 1.54) is 70.0 Å². The molecule has 2 heteroatoms. The molecule has 0 unspecified atom stereocenters. The number of ether oxygens (including phenoxy) is 1. The van der Waals surface area contributed by atoms with Crippen LogP contribution in [0.1, 0.15) is 56.9 Å². The highest BCUT2D eigenvalue weighted by Gasteiger charge is 2.39. The van der Waals surface area contributed by atoms with Crippen molar-refractivity contribution in [1.82, 2.24) is 4.90 Å². The Bertz CT molecular complexity index is 431. The molecule has 1 saturated carbocycles. The zero-order valence-electron chi connectivity index (χ0n) is 12.7. The first kappa shape index (κ1) is 13.9. The van der Waals surface area contributed by atoms with Crippen LogP contribution in [0.15, 0.2) is 24.3 Å². The van der Waals surface area contributed by atoms with Crippen molar-refractivity contribution in [3.63, 3.8) is 0 Å². The number of rotatable bonds is 3. The molecule has 2 nitrogen and oxygen atoms in total. The summed E-state index contributed by atoms with van der Waals surface area (Å²) in [6.07, 6.45) is 10.9. The van der Waals surface area contributed by atoms with Crippen molar-refractivity contribution < 1.29 is 4.74 Å². The summed E-state index contributed by atoms with van der Waals surface area (Å²) >= 11 is 0. The molecule has 0 aromatic heterocycles. The molecule has 2 fully saturated rings. The van der Waals surface area contributed by atoms with Gasteiger partial charge in [0.1, 0.15) is 5.75 Å². The van der Waals surface area contributed by atoms with E-state index in [0.29, 0.717) is 0 Å². The van der Waals surface area contributed by atoms with Crippen LogP contribution in [-0.2, 0) is 5.54 Å². The average molecular weight is 273 g/mol. The third kappa shape index (κ3) is 2.58. The van der Waals surface area contributed by atoms with Crippen LogP contribution >= 0.6 is 0 Å². The molecule has 0 amide bonds. The van der Waals surface area contributed by atoms with E-state index in [4.69, 9.17) is 4.74 Å². The number of piperidine rings is 1. The lowest BCUT2D eigenvalue weighted by atomic mass is 9.74. The Morgan fingerprint density at radius 1 is 0.950 bits per heavy atom. The first-order valence-electron chi connectivity index (χ1n) is 8.25. The fourth-order valence-electron chi connectivity index (χ4n) is 4.16. The predicted octanol–water partition coefficient (Wildman–Crippen LogP) is 4.34. The maximum Gasteiger partial charge on any atom is 0.119 e. The van der Waals surface area contributed by atoms with Gasteiger partial charge in [-0.15, -0.1) is 0 Å². The molecule has 0 radical (unpaired) electrons. The van der Waals surface area contributed by atoms with Crippen molar-refractivity contribution in [2.24, 2.45) is 0 Å². The van der Waals surface area contributed by atoms with Crippen LogP contribution in [0.2, 0.25) is 0 Å². The van der Waals surface area contributed by atoms with E-state index in [2.05, 4.69) is 29.2 Å². The summed E-state index contributed by atoms with van der Waals surface area (Å²) in [5, 5.41) is 0. The second-order valence-corrected chi connectivity index (χ2v) is 6.37. The van der Waals surface area contributed by atoms with E-state index in [1.807, 2.05) is 0 Å². The summed E-state index contributed by atoms with van der Waals surface area (Å²) in [5.74, 6) is 1.00. The van der Waals surface area contributed by atoms with Crippen LogP contribution in [0.5, 0.6) is 5.75 Å². The highest BCUT2D eigenvalue weighted by Crippen LogP contribution is 2.44. The molecule has 1 aliphatic heterocycles. The second kappa shape index (κ2) is 6.17. The van der Waals surface area contributed by atoms with Gasteiger partial charge in [-0.25, -0.2) is 0 Å². The summed E-state index contributed by atoms with van der Waals surface area (Å²) < 4.78 is 5.46. The van der Waals surface area contributed by atoms with E-state index >= 15 is 0 Å². The molecule has 20 heavy (non-hydrogen) atoms. The lowest BCUT2D eigenvalue weighted by Gasteiger charge is -2.48. The number of nitrogens with zero attached hydrogens (tertiary/aromatic N) is 1. The van der Waals surface area contributed by atoms with Crippen molar-refractivity contribution >= 4 is 0 Å². The topological polar surface area (TPSA) is 12.5 Å².